The van der Waals surface area contributed by atoms with Crippen LogP contribution in [0.2, 0.25) is 0 Å². The lowest BCUT2D eigenvalue weighted by molar-refractivity contribution is -0.384. The van der Waals surface area contributed by atoms with Crippen LogP contribution in [0.3, 0.4) is 0 Å². The summed E-state index contributed by atoms with van der Waals surface area (Å²) >= 11 is 0. The number of morpholine rings is 1. The second-order valence-corrected chi connectivity index (χ2v) is 8.32. The number of phenols is 1. The number of aliphatic hydroxyl groups excluding tert-OH is 1. The minimum Gasteiger partial charge on any atom is -0.507 e. The average molecular weight is 467 g/mol. The van der Waals surface area contributed by atoms with Crippen LogP contribution in [0.15, 0.2) is 48.0 Å². The van der Waals surface area contributed by atoms with E-state index in [0.29, 0.717) is 38.4 Å². The van der Waals surface area contributed by atoms with Crippen LogP contribution < -0.4 is 0 Å². The minimum absolute atomic E-state index is 0.0399. The van der Waals surface area contributed by atoms with Gasteiger partial charge in [-0.15, -0.1) is 0 Å². The largest absolute Gasteiger partial charge is 0.507 e. The van der Waals surface area contributed by atoms with Gasteiger partial charge >= 0.3 is 0 Å². The second-order valence-electron chi connectivity index (χ2n) is 8.32. The molecule has 2 heterocycles. The molecule has 10 heteroatoms. The number of aliphatic hydroxyl groups is 1. The molecule has 2 saturated heterocycles. The Balaban J connectivity index is 1.78. The van der Waals surface area contributed by atoms with Crippen LogP contribution >= 0.6 is 0 Å². The van der Waals surface area contributed by atoms with E-state index in [1.54, 1.807) is 13.0 Å². The quantitative estimate of drug-likeness (QED) is 0.217. The molecule has 0 spiro atoms. The number of carbonyl (C=O) groups excluding carboxylic acids is 2. The molecule has 2 aliphatic rings. The van der Waals surface area contributed by atoms with Crippen LogP contribution in [0.4, 0.5) is 5.69 Å². The molecule has 10 nitrogen and oxygen atoms in total. The minimum atomic E-state index is -0.957. The molecular weight excluding hydrogens is 442 g/mol. The second kappa shape index (κ2) is 9.62. The molecule has 2 aromatic carbocycles. The predicted octanol–water partition coefficient (Wildman–Crippen LogP) is 2.36. The van der Waals surface area contributed by atoms with E-state index in [1.807, 2.05) is 0 Å². The van der Waals surface area contributed by atoms with E-state index in [-0.39, 0.29) is 29.1 Å². The van der Waals surface area contributed by atoms with Gasteiger partial charge in [0.2, 0.25) is 0 Å². The smallest absolute Gasteiger partial charge is 0.295 e. The fourth-order valence-electron chi connectivity index (χ4n) is 4.29. The number of Topliss-reactive ketones (excluding diaryl/α,β-unsaturated/α-hetero) is 1. The number of hydrogen-bond donors (Lipinski definition) is 2. The molecule has 2 N–H and O–H groups in total. The first-order valence-corrected chi connectivity index (χ1v) is 10.9. The molecule has 0 aliphatic carbocycles. The number of phenolic OH excluding ortho intramolecular Hbond substituents is 1. The van der Waals surface area contributed by atoms with Crippen molar-refractivity contribution in [3.8, 4) is 5.75 Å². The Morgan fingerprint density at radius 3 is 2.44 bits per heavy atom. The Morgan fingerprint density at radius 2 is 1.79 bits per heavy atom. The zero-order valence-corrected chi connectivity index (χ0v) is 18.6. The molecule has 2 aromatic rings. The summed E-state index contributed by atoms with van der Waals surface area (Å²) in [6.07, 6.45) is 0. The highest BCUT2D eigenvalue weighted by Gasteiger charge is 2.46. The van der Waals surface area contributed by atoms with Crippen molar-refractivity contribution in [3.63, 3.8) is 0 Å². The highest BCUT2D eigenvalue weighted by molar-refractivity contribution is 6.46. The normalized spacial score (nSPS) is 20.6. The van der Waals surface area contributed by atoms with E-state index in [0.717, 1.165) is 5.56 Å². The van der Waals surface area contributed by atoms with Crippen LogP contribution in [0.5, 0.6) is 5.75 Å². The van der Waals surface area contributed by atoms with E-state index in [1.165, 1.54) is 41.3 Å². The fraction of sp³-hybridized carbons (Fsp3) is 0.333. The van der Waals surface area contributed by atoms with Gasteiger partial charge < -0.3 is 19.8 Å². The van der Waals surface area contributed by atoms with Gasteiger partial charge in [0.15, 0.2) is 0 Å². The standard InChI is InChI=1S/C24H25N3O7/c1-15-2-7-19(28)18(14-15)22(29)20-21(16-3-5-17(6-4-16)27(32)33)26(24(31)23(20)30)9-8-25-10-12-34-13-11-25/h2-7,14,21,28-29H,8-13H2,1H3/t21-/m1/s1. The van der Waals surface area contributed by atoms with Gasteiger partial charge in [0.25, 0.3) is 17.4 Å². The summed E-state index contributed by atoms with van der Waals surface area (Å²) in [7, 11) is 0. The number of aromatic hydroxyl groups is 1. The van der Waals surface area contributed by atoms with Gasteiger partial charge in [-0.05, 0) is 36.8 Å². The number of hydrogen-bond acceptors (Lipinski definition) is 8. The Labute approximate surface area is 195 Å². The van der Waals surface area contributed by atoms with Gasteiger partial charge in [-0.2, -0.15) is 0 Å². The number of nitro benzene ring substituents is 1. The maximum Gasteiger partial charge on any atom is 0.295 e. The Morgan fingerprint density at radius 1 is 1.12 bits per heavy atom. The van der Waals surface area contributed by atoms with Crippen molar-refractivity contribution < 1.29 is 29.5 Å². The van der Waals surface area contributed by atoms with Crippen LogP contribution in [-0.4, -0.2) is 76.0 Å². The van der Waals surface area contributed by atoms with Gasteiger partial charge in [0.1, 0.15) is 11.5 Å². The van der Waals surface area contributed by atoms with E-state index < -0.39 is 28.4 Å². The highest BCUT2D eigenvalue weighted by atomic mass is 16.6. The number of likely N-dealkylation sites (tertiary alicyclic amines) is 1. The molecule has 2 fully saturated rings. The molecule has 0 radical (unpaired) electrons. The summed E-state index contributed by atoms with van der Waals surface area (Å²) < 4.78 is 5.35. The molecule has 0 bridgehead atoms. The molecular formula is C24H25N3O7. The Kier molecular flexibility index (Phi) is 6.62. The summed E-state index contributed by atoms with van der Waals surface area (Å²) in [5, 5.41) is 32.5. The number of ketones is 1. The van der Waals surface area contributed by atoms with Crippen molar-refractivity contribution in [2.75, 3.05) is 39.4 Å². The molecule has 1 atom stereocenters. The van der Waals surface area contributed by atoms with Crippen LogP contribution in [0.25, 0.3) is 5.76 Å². The van der Waals surface area contributed by atoms with E-state index in [4.69, 9.17) is 4.74 Å². The summed E-state index contributed by atoms with van der Waals surface area (Å²) in [5.74, 6) is -2.36. The van der Waals surface area contributed by atoms with Crippen molar-refractivity contribution in [3.05, 3.63) is 74.8 Å². The number of ether oxygens (including phenoxy) is 1. The monoisotopic (exact) mass is 467 g/mol. The van der Waals surface area contributed by atoms with Crippen LogP contribution in [-0.2, 0) is 14.3 Å². The molecule has 4 rings (SSSR count). The van der Waals surface area contributed by atoms with Crippen LogP contribution in [0, 0.1) is 17.0 Å². The van der Waals surface area contributed by atoms with E-state index in [2.05, 4.69) is 4.90 Å². The molecule has 34 heavy (non-hydrogen) atoms. The van der Waals surface area contributed by atoms with Gasteiger partial charge in [0.05, 0.1) is 35.3 Å². The number of rotatable bonds is 6. The third-order valence-electron chi connectivity index (χ3n) is 6.13. The zero-order chi connectivity index (χ0) is 24.4. The molecule has 1 amide bonds. The maximum atomic E-state index is 13.1. The highest BCUT2D eigenvalue weighted by Crippen LogP contribution is 2.41. The van der Waals surface area contributed by atoms with Crippen LogP contribution in [0.1, 0.15) is 22.7 Å². The van der Waals surface area contributed by atoms with Gasteiger partial charge in [0, 0.05) is 38.3 Å². The number of benzene rings is 2. The average Bonchev–Trinajstić information content (AvgIpc) is 3.09. The topological polar surface area (TPSA) is 133 Å². The zero-order valence-electron chi connectivity index (χ0n) is 18.6. The Hall–Kier alpha value is -3.76. The van der Waals surface area contributed by atoms with Gasteiger partial charge in [-0.3, -0.25) is 24.6 Å². The molecule has 0 saturated carbocycles. The lowest BCUT2D eigenvalue weighted by atomic mass is 9.94. The number of carbonyl (C=O) groups is 2. The van der Waals surface area contributed by atoms with Crippen molar-refractivity contribution in [1.82, 2.24) is 9.80 Å². The van der Waals surface area contributed by atoms with Crippen molar-refractivity contribution in [2.24, 2.45) is 0 Å². The summed E-state index contributed by atoms with van der Waals surface area (Å²) in [6, 6.07) is 9.16. The van der Waals surface area contributed by atoms with Crippen molar-refractivity contribution >= 4 is 23.1 Å². The van der Waals surface area contributed by atoms with Gasteiger partial charge in [-0.25, -0.2) is 0 Å². The number of aryl methyl sites for hydroxylation is 1. The fourth-order valence-corrected chi connectivity index (χ4v) is 4.29. The molecule has 0 aromatic heterocycles. The first-order chi connectivity index (χ1) is 16.3. The van der Waals surface area contributed by atoms with Gasteiger partial charge in [-0.1, -0.05) is 11.6 Å². The number of non-ortho nitro benzene ring substituents is 1. The molecule has 2 aliphatic heterocycles. The summed E-state index contributed by atoms with van der Waals surface area (Å²) in [5.41, 5.74) is 0.929. The third-order valence-corrected chi connectivity index (χ3v) is 6.13. The SMILES string of the molecule is Cc1ccc(O)c(C(O)=C2C(=O)C(=O)N(CCN3CCOCC3)[C@@H]2c2ccc([N+](=O)[O-])cc2)c1. The predicted molar refractivity (Wildman–Crippen MR) is 122 cm³/mol. The number of nitro groups is 1. The lowest BCUT2D eigenvalue weighted by Crippen LogP contribution is -2.42. The summed E-state index contributed by atoms with van der Waals surface area (Å²) in [4.78, 5) is 40.2. The number of amides is 1. The molecule has 178 valence electrons. The van der Waals surface area contributed by atoms with Crippen molar-refractivity contribution in [2.45, 2.75) is 13.0 Å². The first-order valence-electron chi connectivity index (χ1n) is 10.9. The van der Waals surface area contributed by atoms with Crippen molar-refractivity contribution in [1.29, 1.82) is 0 Å². The van der Waals surface area contributed by atoms with E-state index in [9.17, 15) is 29.9 Å². The van der Waals surface area contributed by atoms with E-state index >= 15 is 0 Å². The Bertz CT molecular complexity index is 1150. The lowest BCUT2D eigenvalue weighted by Gasteiger charge is -2.31. The summed E-state index contributed by atoms with van der Waals surface area (Å²) in [6.45, 7) is 5.03. The molecule has 0 unspecified atom stereocenters. The first kappa shape index (κ1) is 23.4. The third kappa shape index (κ3) is 4.50. The number of nitrogens with zero attached hydrogens (tertiary/aromatic N) is 3. The maximum absolute atomic E-state index is 13.1.